The zero-order chi connectivity index (χ0) is 13.1. The van der Waals surface area contributed by atoms with E-state index in [-0.39, 0.29) is 0 Å². The Bertz CT molecular complexity index is 470. The Hall–Kier alpha value is -1.20. The molecule has 5 heteroatoms. The minimum Gasteiger partial charge on any atom is -0.495 e. The van der Waals surface area contributed by atoms with Crippen LogP contribution in [0.25, 0.3) is 0 Å². The van der Waals surface area contributed by atoms with Crippen LogP contribution in [0.4, 0.5) is 0 Å². The molecule has 4 nitrogen and oxygen atoms in total. The van der Waals surface area contributed by atoms with E-state index >= 15 is 0 Å². The van der Waals surface area contributed by atoms with Crippen LogP contribution in [0, 0.1) is 0 Å². The largest absolute Gasteiger partial charge is 0.495 e. The van der Waals surface area contributed by atoms with Gasteiger partial charge in [-0.3, -0.25) is 0 Å². The second-order valence-electron chi connectivity index (χ2n) is 3.87. The Labute approximate surface area is 114 Å². The molecular weight excluding hydrogens is 300 g/mol. The fourth-order valence-corrected chi connectivity index (χ4v) is 2.40. The van der Waals surface area contributed by atoms with Gasteiger partial charge in [-0.25, -0.2) is 0 Å². The summed E-state index contributed by atoms with van der Waals surface area (Å²) in [6.07, 6.45) is 1.94. The van der Waals surface area contributed by atoms with Crippen molar-refractivity contribution in [2.45, 2.75) is 12.5 Å². The Morgan fingerprint density at radius 1 is 1.28 bits per heavy atom. The first-order valence-corrected chi connectivity index (χ1v) is 6.39. The van der Waals surface area contributed by atoms with Crippen molar-refractivity contribution in [3.05, 3.63) is 34.0 Å². The molecular formula is C13H15BrO4. The summed E-state index contributed by atoms with van der Waals surface area (Å²) in [5, 5.41) is 10.3. The SMILES string of the molecule is COc1cc(Br)c(C(O)C2=CCCO2)cc1OC. The molecule has 0 fully saturated rings. The van der Waals surface area contributed by atoms with Crippen LogP contribution in [0.3, 0.4) is 0 Å². The summed E-state index contributed by atoms with van der Waals surface area (Å²) in [5.41, 5.74) is 0.695. The minimum atomic E-state index is -0.790. The summed E-state index contributed by atoms with van der Waals surface area (Å²) in [5.74, 6) is 1.78. The first-order valence-electron chi connectivity index (χ1n) is 5.59. The molecule has 0 saturated heterocycles. The third kappa shape index (κ3) is 2.47. The van der Waals surface area contributed by atoms with Crippen molar-refractivity contribution in [3.8, 4) is 11.5 Å². The predicted octanol–water partition coefficient (Wildman–Crippen LogP) is 2.80. The van der Waals surface area contributed by atoms with Gasteiger partial charge in [0.25, 0.3) is 0 Å². The van der Waals surface area contributed by atoms with E-state index in [0.29, 0.717) is 29.4 Å². The summed E-state index contributed by atoms with van der Waals surface area (Å²) < 4.78 is 16.5. The van der Waals surface area contributed by atoms with Crippen molar-refractivity contribution in [2.24, 2.45) is 0 Å². The molecule has 18 heavy (non-hydrogen) atoms. The van der Waals surface area contributed by atoms with Gasteiger partial charge in [-0.15, -0.1) is 0 Å². The van der Waals surface area contributed by atoms with Crippen molar-refractivity contribution in [2.75, 3.05) is 20.8 Å². The van der Waals surface area contributed by atoms with Crippen LogP contribution in [0.2, 0.25) is 0 Å². The van der Waals surface area contributed by atoms with Crippen LogP contribution in [-0.4, -0.2) is 25.9 Å². The van der Waals surface area contributed by atoms with E-state index in [1.807, 2.05) is 6.08 Å². The van der Waals surface area contributed by atoms with Crippen molar-refractivity contribution in [3.63, 3.8) is 0 Å². The number of hydrogen-bond donors (Lipinski definition) is 1. The molecule has 0 amide bonds. The predicted molar refractivity (Wildman–Crippen MR) is 70.9 cm³/mol. The number of benzene rings is 1. The molecule has 0 saturated carbocycles. The molecule has 0 bridgehead atoms. The highest BCUT2D eigenvalue weighted by molar-refractivity contribution is 9.10. The van der Waals surface area contributed by atoms with E-state index in [4.69, 9.17) is 14.2 Å². The van der Waals surface area contributed by atoms with E-state index in [2.05, 4.69) is 15.9 Å². The average molecular weight is 315 g/mol. The van der Waals surface area contributed by atoms with Crippen LogP contribution < -0.4 is 9.47 Å². The van der Waals surface area contributed by atoms with E-state index < -0.39 is 6.10 Å². The molecule has 1 unspecified atom stereocenters. The van der Waals surface area contributed by atoms with Crippen LogP contribution in [0.15, 0.2) is 28.4 Å². The molecule has 1 aliphatic heterocycles. The molecule has 98 valence electrons. The number of halogens is 1. The van der Waals surface area contributed by atoms with Gasteiger partial charge >= 0.3 is 0 Å². The summed E-state index contributed by atoms with van der Waals surface area (Å²) in [7, 11) is 3.14. The summed E-state index contributed by atoms with van der Waals surface area (Å²) >= 11 is 3.42. The second-order valence-corrected chi connectivity index (χ2v) is 4.73. The fourth-order valence-electron chi connectivity index (χ4n) is 1.86. The maximum absolute atomic E-state index is 10.3. The van der Waals surface area contributed by atoms with Gasteiger partial charge in [0, 0.05) is 16.5 Å². The third-order valence-electron chi connectivity index (χ3n) is 2.80. The number of rotatable bonds is 4. The molecule has 0 aromatic heterocycles. The minimum absolute atomic E-state index is 0.577. The molecule has 1 N–H and O–H groups in total. The van der Waals surface area contributed by atoms with Gasteiger partial charge in [-0.1, -0.05) is 15.9 Å². The van der Waals surface area contributed by atoms with Gasteiger partial charge in [0.15, 0.2) is 11.5 Å². The van der Waals surface area contributed by atoms with Crippen molar-refractivity contribution < 1.29 is 19.3 Å². The van der Waals surface area contributed by atoms with Crippen molar-refractivity contribution in [1.82, 2.24) is 0 Å². The summed E-state index contributed by atoms with van der Waals surface area (Å²) in [4.78, 5) is 0. The van der Waals surface area contributed by atoms with E-state index in [9.17, 15) is 5.11 Å². The van der Waals surface area contributed by atoms with Crippen LogP contribution >= 0.6 is 15.9 Å². The van der Waals surface area contributed by atoms with E-state index in [0.717, 1.165) is 10.9 Å². The van der Waals surface area contributed by atoms with Crippen LogP contribution in [0.1, 0.15) is 18.1 Å². The molecule has 1 aromatic rings. The zero-order valence-electron chi connectivity index (χ0n) is 10.3. The lowest BCUT2D eigenvalue weighted by atomic mass is 10.1. The van der Waals surface area contributed by atoms with Crippen LogP contribution in [0.5, 0.6) is 11.5 Å². The van der Waals surface area contributed by atoms with Gasteiger partial charge in [0.2, 0.25) is 0 Å². The molecule has 2 rings (SSSR count). The second kappa shape index (κ2) is 5.63. The lowest BCUT2D eigenvalue weighted by Crippen LogP contribution is -2.04. The van der Waals surface area contributed by atoms with Gasteiger partial charge in [0.1, 0.15) is 11.9 Å². The summed E-state index contributed by atoms with van der Waals surface area (Å²) in [6, 6.07) is 3.52. The molecule has 1 atom stereocenters. The van der Waals surface area contributed by atoms with Gasteiger partial charge in [0.05, 0.1) is 20.8 Å². The topological polar surface area (TPSA) is 47.9 Å². The first-order chi connectivity index (χ1) is 8.67. The number of aliphatic hydroxyl groups excluding tert-OH is 1. The Balaban J connectivity index is 2.37. The van der Waals surface area contributed by atoms with Gasteiger partial charge < -0.3 is 19.3 Å². The third-order valence-corrected chi connectivity index (χ3v) is 3.49. The highest BCUT2D eigenvalue weighted by atomic mass is 79.9. The lowest BCUT2D eigenvalue weighted by Gasteiger charge is -2.17. The summed E-state index contributed by atoms with van der Waals surface area (Å²) in [6.45, 7) is 0.622. The smallest absolute Gasteiger partial charge is 0.161 e. The molecule has 1 aliphatic rings. The first kappa shape index (κ1) is 13.2. The highest BCUT2D eigenvalue weighted by Crippen LogP contribution is 2.38. The lowest BCUT2D eigenvalue weighted by molar-refractivity contribution is 0.118. The Morgan fingerprint density at radius 2 is 1.94 bits per heavy atom. The Kier molecular flexibility index (Phi) is 4.14. The Morgan fingerprint density at radius 3 is 2.50 bits per heavy atom. The van der Waals surface area contributed by atoms with Gasteiger partial charge in [-0.05, 0) is 18.2 Å². The van der Waals surface area contributed by atoms with Crippen molar-refractivity contribution >= 4 is 15.9 Å². The molecule has 0 spiro atoms. The average Bonchev–Trinajstić information content (AvgIpc) is 2.91. The standard InChI is InChI=1S/C13H15BrO4/c1-16-11-6-8(9(14)7-12(11)17-2)13(15)10-4-3-5-18-10/h4,6-7,13,15H,3,5H2,1-2H3. The quantitative estimate of drug-likeness (QED) is 0.928. The molecule has 1 heterocycles. The normalized spacial score (nSPS) is 15.9. The molecule has 1 aromatic carbocycles. The van der Waals surface area contributed by atoms with E-state index in [1.54, 1.807) is 26.4 Å². The number of aliphatic hydroxyl groups is 1. The fraction of sp³-hybridized carbons (Fsp3) is 0.385. The number of methoxy groups -OCH3 is 2. The maximum atomic E-state index is 10.3. The zero-order valence-corrected chi connectivity index (χ0v) is 11.9. The van der Waals surface area contributed by atoms with Crippen molar-refractivity contribution in [1.29, 1.82) is 0 Å². The van der Waals surface area contributed by atoms with E-state index in [1.165, 1.54) is 0 Å². The van der Waals surface area contributed by atoms with Crippen LogP contribution in [-0.2, 0) is 4.74 Å². The molecule has 0 radical (unpaired) electrons. The highest BCUT2D eigenvalue weighted by Gasteiger charge is 2.22. The monoisotopic (exact) mass is 314 g/mol. The molecule has 0 aliphatic carbocycles. The maximum Gasteiger partial charge on any atom is 0.161 e. The van der Waals surface area contributed by atoms with Gasteiger partial charge in [-0.2, -0.15) is 0 Å². The number of hydrogen-bond acceptors (Lipinski definition) is 4. The number of ether oxygens (including phenoxy) is 3.